The summed E-state index contributed by atoms with van der Waals surface area (Å²) >= 11 is 0. The van der Waals surface area contributed by atoms with Gasteiger partial charge in [-0.1, -0.05) is 30.3 Å². The zero-order valence-electron chi connectivity index (χ0n) is 32.3. The van der Waals surface area contributed by atoms with Gasteiger partial charge in [0.15, 0.2) is 12.6 Å². The highest BCUT2D eigenvalue weighted by atomic mass is 16.7. The largest absolute Gasteiger partial charge is 0.388 e. The molecule has 20 heteroatoms. The fourth-order valence-electron chi connectivity index (χ4n) is 6.02. The maximum Gasteiger partial charge on any atom is 0.243 e. The van der Waals surface area contributed by atoms with Gasteiger partial charge >= 0.3 is 0 Å². The lowest BCUT2D eigenvalue weighted by atomic mass is 10.0. The third-order valence-corrected chi connectivity index (χ3v) is 9.54. The summed E-state index contributed by atoms with van der Waals surface area (Å²) in [5.41, 5.74) is 6.80. The van der Waals surface area contributed by atoms with Crippen molar-refractivity contribution in [1.29, 1.82) is 0 Å². The molecule has 0 bridgehead atoms. The number of nitrogens with zero attached hydrogens (tertiary/aromatic N) is 1. The van der Waals surface area contributed by atoms with Gasteiger partial charge in [-0.3, -0.25) is 29.3 Å². The Morgan fingerprint density at radius 1 is 0.684 bits per heavy atom. The molecule has 2 fully saturated rings. The molecule has 2 saturated heterocycles. The van der Waals surface area contributed by atoms with Gasteiger partial charge in [-0.25, -0.2) is 0 Å². The number of amides is 5. The standard InChI is InChI=1S/C37H59N5O15/c1-21-29(47)31(49)33(51)36(56-21)54-18-14-39-25(43)12-16-42(17-13-26(44)40-15-19-55-37-34(52)32(50)30(48)22(2)57-37)28(46)11-7-6-10-27(45)41-35(53)24(38)20-23-8-4-3-5-9-23/h3-5,8-9,21-22,24,29-34,36-37,47-52H,6-7,10-20,38H2,1-2H3,(H,39,43)(H,40,44)(H,41,45,53)/t21-,22-,24-,29+,30+,31+,32+,33-,34-,36+,37+/m0/s1. The molecule has 0 saturated carbocycles. The molecule has 322 valence electrons. The maximum atomic E-state index is 13.2. The van der Waals surface area contributed by atoms with Gasteiger partial charge in [-0.15, -0.1) is 0 Å². The van der Waals surface area contributed by atoms with Gasteiger partial charge in [0.2, 0.25) is 29.5 Å². The first-order valence-electron chi connectivity index (χ1n) is 19.2. The molecule has 3 rings (SSSR count). The minimum absolute atomic E-state index is 0.0000287. The fraction of sp³-hybridized carbons (Fsp3) is 0.703. The second kappa shape index (κ2) is 24.3. The SMILES string of the molecule is C[C@@H]1O[C@@H](OCCNC(=O)CCN(CCC(=O)NCCO[C@@H]2O[C@@H](C)[C@@H](O)[C@@H](O)[C@@H]2O)C(=O)CCCCC(=O)NC(=O)[C@@H](N)Cc2ccccc2)[C@@H](O)[C@H](O)[C@@H]1O. The number of benzene rings is 1. The van der Waals surface area contributed by atoms with E-state index >= 15 is 0 Å². The van der Waals surface area contributed by atoms with Crippen molar-refractivity contribution < 1.29 is 73.6 Å². The lowest BCUT2D eigenvalue weighted by Gasteiger charge is -2.38. The molecule has 0 spiro atoms. The molecule has 2 heterocycles. The van der Waals surface area contributed by atoms with E-state index in [1.165, 1.54) is 18.7 Å². The fourth-order valence-corrected chi connectivity index (χ4v) is 6.02. The average Bonchev–Trinajstić information content (AvgIpc) is 3.18. The summed E-state index contributed by atoms with van der Waals surface area (Å²) in [5, 5.41) is 67.2. The number of carbonyl (C=O) groups is 5. The highest BCUT2D eigenvalue weighted by Crippen LogP contribution is 2.22. The number of rotatable bonds is 22. The smallest absolute Gasteiger partial charge is 0.243 e. The third-order valence-electron chi connectivity index (χ3n) is 9.54. The highest BCUT2D eigenvalue weighted by molar-refractivity contribution is 5.97. The van der Waals surface area contributed by atoms with Crippen molar-refractivity contribution in [2.75, 3.05) is 39.4 Å². The molecule has 0 aromatic heterocycles. The van der Waals surface area contributed by atoms with E-state index in [2.05, 4.69) is 16.0 Å². The number of hydrogen-bond acceptors (Lipinski definition) is 16. The van der Waals surface area contributed by atoms with E-state index in [4.69, 9.17) is 24.7 Å². The van der Waals surface area contributed by atoms with Crippen LogP contribution in [0.4, 0.5) is 0 Å². The first-order valence-corrected chi connectivity index (χ1v) is 19.2. The van der Waals surface area contributed by atoms with E-state index < -0.39 is 91.1 Å². The molecule has 5 amide bonds. The first kappa shape index (κ1) is 47.7. The molecule has 2 aliphatic rings. The Morgan fingerprint density at radius 2 is 1.16 bits per heavy atom. The van der Waals surface area contributed by atoms with E-state index in [1.807, 2.05) is 30.3 Å². The predicted octanol–water partition coefficient (Wildman–Crippen LogP) is -3.71. The van der Waals surface area contributed by atoms with E-state index in [9.17, 15) is 54.6 Å². The van der Waals surface area contributed by atoms with Crippen molar-refractivity contribution in [3.05, 3.63) is 35.9 Å². The molecule has 11 atom stereocenters. The maximum absolute atomic E-state index is 13.2. The summed E-state index contributed by atoms with van der Waals surface area (Å²) in [5.74, 6) is -2.41. The summed E-state index contributed by atoms with van der Waals surface area (Å²) in [4.78, 5) is 64.6. The second-order valence-corrected chi connectivity index (χ2v) is 14.1. The van der Waals surface area contributed by atoms with Crippen molar-refractivity contribution in [1.82, 2.24) is 20.9 Å². The topological polar surface area (TPSA) is 309 Å². The van der Waals surface area contributed by atoms with Crippen molar-refractivity contribution in [2.24, 2.45) is 5.73 Å². The molecule has 20 nitrogen and oxygen atoms in total. The molecule has 11 N–H and O–H groups in total. The van der Waals surface area contributed by atoms with Crippen LogP contribution in [0.5, 0.6) is 0 Å². The molecule has 57 heavy (non-hydrogen) atoms. The molecular weight excluding hydrogens is 754 g/mol. The van der Waals surface area contributed by atoms with Gasteiger partial charge in [0.05, 0.1) is 31.5 Å². The van der Waals surface area contributed by atoms with Crippen LogP contribution in [0.15, 0.2) is 30.3 Å². The van der Waals surface area contributed by atoms with Gasteiger partial charge in [-0.05, 0) is 38.7 Å². The number of imide groups is 1. The quantitative estimate of drug-likeness (QED) is 0.0504. The van der Waals surface area contributed by atoms with Gasteiger partial charge in [0, 0.05) is 51.9 Å². The summed E-state index contributed by atoms with van der Waals surface area (Å²) in [6.45, 7) is 2.72. The van der Waals surface area contributed by atoms with Crippen molar-refractivity contribution in [2.45, 2.75) is 126 Å². The summed E-state index contributed by atoms with van der Waals surface area (Å²) in [6, 6.07) is 8.20. The monoisotopic (exact) mass is 813 g/mol. The number of carbonyl (C=O) groups excluding carboxylic acids is 5. The minimum Gasteiger partial charge on any atom is -0.388 e. The number of unbranched alkanes of at least 4 members (excludes halogenated alkanes) is 1. The molecule has 0 aliphatic carbocycles. The van der Waals surface area contributed by atoms with Crippen LogP contribution in [0.2, 0.25) is 0 Å². The molecular formula is C37H59N5O15. The van der Waals surface area contributed by atoms with E-state index in [1.54, 1.807) is 0 Å². The van der Waals surface area contributed by atoms with Crippen LogP contribution in [0, 0.1) is 0 Å². The number of nitrogens with two attached hydrogens (primary N) is 1. The first-order chi connectivity index (χ1) is 27.1. The Labute approximate surface area is 331 Å². The van der Waals surface area contributed by atoms with Gasteiger partial charge in [-0.2, -0.15) is 0 Å². The van der Waals surface area contributed by atoms with Crippen LogP contribution in [0.3, 0.4) is 0 Å². The zero-order valence-corrected chi connectivity index (χ0v) is 32.3. The molecule has 0 radical (unpaired) electrons. The molecule has 1 aromatic carbocycles. The van der Waals surface area contributed by atoms with Crippen LogP contribution in [0.1, 0.15) is 57.9 Å². The molecule has 2 aliphatic heterocycles. The minimum atomic E-state index is -1.50. The van der Waals surface area contributed by atoms with Crippen LogP contribution >= 0.6 is 0 Å². The van der Waals surface area contributed by atoms with Crippen molar-refractivity contribution >= 4 is 29.5 Å². The zero-order chi connectivity index (χ0) is 42.1. The molecule has 1 aromatic rings. The molecule has 0 unspecified atom stereocenters. The summed E-state index contributed by atoms with van der Waals surface area (Å²) < 4.78 is 21.6. The third kappa shape index (κ3) is 15.9. The number of aliphatic hydroxyl groups excluding tert-OH is 6. The summed E-state index contributed by atoms with van der Waals surface area (Å²) in [6.07, 6.45) is -12.0. The van der Waals surface area contributed by atoms with Crippen LogP contribution in [-0.4, -0.2) is 172 Å². The lowest BCUT2D eigenvalue weighted by Crippen LogP contribution is -2.57. The van der Waals surface area contributed by atoms with Gasteiger partial charge < -0.3 is 70.9 Å². The Kier molecular flexibility index (Phi) is 20.3. The Morgan fingerprint density at radius 3 is 1.65 bits per heavy atom. The predicted molar refractivity (Wildman–Crippen MR) is 198 cm³/mol. The van der Waals surface area contributed by atoms with E-state index in [0.717, 1.165) is 5.56 Å². The van der Waals surface area contributed by atoms with Gasteiger partial charge in [0.25, 0.3) is 0 Å². The summed E-state index contributed by atoms with van der Waals surface area (Å²) in [7, 11) is 0. The van der Waals surface area contributed by atoms with Crippen molar-refractivity contribution in [3.63, 3.8) is 0 Å². The average molecular weight is 814 g/mol. The highest BCUT2D eigenvalue weighted by Gasteiger charge is 2.43. The van der Waals surface area contributed by atoms with E-state index in [0.29, 0.717) is 0 Å². The Balaban J connectivity index is 1.43. The number of nitrogens with one attached hydrogen (secondary N) is 3. The van der Waals surface area contributed by atoms with Crippen molar-refractivity contribution in [3.8, 4) is 0 Å². The number of aliphatic hydroxyl groups is 6. The van der Waals surface area contributed by atoms with Gasteiger partial charge in [0.1, 0.15) is 36.6 Å². The number of ether oxygens (including phenoxy) is 4. The van der Waals surface area contributed by atoms with Crippen LogP contribution in [0.25, 0.3) is 0 Å². The normalized spacial score (nSPS) is 27.9. The number of hydrogen-bond donors (Lipinski definition) is 10. The lowest BCUT2D eigenvalue weighted by molar-refractivity contribution is -0.292. The second-order valence-electron chi connectivity index (χ2n) is 14.1. The van der Waals surface area contributed by atoms with Crippen LogP contribution < -0.4 is 21.7 Å². The Bertz CT molecular complexity index is 1370. The van der Waals surface area contributed by atoms with Crippen LogP contribution in [-0.2, 0) is 49.3 Å². The van der Waals surface area contributed by atoms with E-state index in [-0.39, 0.29) is 90.2 Å². The Hall–Kier alpha value is -3.67.